The van der Waals surface area contributed by atoms with Crippen LogP contribution in [-0.2, 0) is 25.0 Å². The van der Waals surface area contributed by atoms with Crippen LogP contribution in [0.3, 0.4) is 0 Å². The fourth-order valence-corrected chi connectivity index (χ4v) is 8.01. The number of aliphatic hydroxyl groups is 1. The summed E-state index contributed by atoms with van der Waals surface area (Å²) in [6.45, 7) is 2.01. The fraction of sp³-hybridized carbons (Fsp3) is 0.500. The van der Waals surface area contributed by atoms with Crippen LogP contribution in [-0.4, -0.2) is 62.0 Å². The van der Waals surface area contributed by atoms with Crippen molar-refractivity contribution < 1.29 is 53.8 Å². The zero-order valence-corrected chi connectivity index (χ0v) is 23.8. The SMILES string of the molecule is CC(C)(O)CC(=O)N1CCC2(S(=O)(=O)c3ccc(P)cc3)c3ccc(C(F)(C(F)(F)F)C(F)(F)F)cc3OCC2C1. The van der Waals surface area contributed by atoms with Crippen LogP contribution < -0.4 is 10.0 Å². The Balaban J connectivity index is 1.89. The van der Waals surface area contributed by atoms with E-state index < -0.39 is 68.0 Å². The van der Waals surface area contributed by atoms with Gasteiger partial charge in [-0.1, -0.05) is 24.3 Å². The minimum absolute atomic E-state index is 0.147. The summed E-state index contributed by atoms with van der Waals surface area (Å²) >= 11 is 0. The number of amides is 1. The molecule has 3 atom stereocenters. The van der Waals surface area contributed by atoms with E-state index in [1.54, 1.807) is 0 Å². The molecule has 2 aliphatic heterocycles. The Kier molecular flexibility index (Phi) is 7.75. The van der Waals surface area contributed by atoms with Crippen molar-refractivity contribution in [1.29, 1.82) is 0 Å². The zero-order chi connectivity index (χ0) is 30.8. The van der Waals surface area contributed by atoms with Gasteiger partial charge in [0, 0.05) is 30.1 Å². The van der Waals surface area contributed by atoms with Crippen molar-refractivity contribution in [3.05, 3.63) is 53.6 Å². The van der Waals surface area contributed by atoms with E-state index in [2.05, 4.69) is 9.24 Å². The number of sulfone groups is 1. The van der Waals surface area contributed by atoms with E-state index in [1.807, 2.05) is 0 Å². The summed E-state index contributed by atoms with van der Waals surface area (Å²) in [6, 6.07) is 6.90. The fourth-order valence-electron chi connectivity index (χ4n) is 5.50. The number of benzene rings is 2. The van der Waals surface area contributed by atoms with E-state index in [-0.39, 0.29) is 48.5 Å². The zero-order valence-electron chi connectivity index (χ0n) is 21.8. The van der Waals surface area contributed by atoms with E-state index in [9.17, 15) is 49.1 Å². The van der Waals surface area contributed by atoms with Gasteiger partial charge in [-0.3, -0.25) is 4.79 Å². The van der Waals surface area contributed by atoms with Crippen molar-refractivity contribution in [2.75, 3.05) is 19.7 Å². The summed E-state index contributed by atoms with van der Waals surface area (Å²) in [5.74, 6) is -2.10. The van der Waals surface area contributed by atoms with Crippen LogP contribution >= 0.6 is 9.24 Å². The maximum absolute atomic E-state index is 14.9. The highest BCUT2D eigenvalue weighted by atomic mass is 32.2. The second-order valence-electron chi connectivity index (χ2n) is 10.9. The Morgan fingerprint density at radius 3 is 2.17 bits per heavy atom. The van der Waals surface area contributed by atoms with E-state index in [0.717, 1.165) is 6.07 Å². The minimum Gasteiger partial charge on any atom is -0.493 e. The molecule has 4 rings (SSSR count). The quantitative estimate of drug-likeness (QED) is 0.388. The van der Waals surface area contributed by atoms with E-state index in [0.29, 0.717) is 5.30 Å². The van der Waals surface area contributed by atoms with E-state index in [4.69, 9.17) is 4.74 Å². The molecule has 2 heterocycles. The smallest absolute Gasteiger partial charge is 0.435 e. The molecule has 0 saturated carbocycles. The number of likely N-dealkylation sites (tertiary alicyclic amines) is 1. The highest BCUT2D eigenvalue weighted by molar-refractivity contribution is 7.92. The van der Waals surface area contributed by atoms with Gasteiger partial charge in [-0.25, -0.2) is 12.8 Å². The third kappa shape index (κ3) is 5.20. The van der Waals surface area contributed by atoms with Crippen LogP contribution in [0.2, 0.25) is 0 Å². The third-order valence-corrected chi connectivity index (χ3v) is 10.5. The first-order valence-electron chi connectivity index (χ1n) is 12.4. The van der Waals surface area contributed by atoms with Gasteiger partial charge in [0.2, 0.25) is 5.91 Å². The summed E-state index contributed by atoms with van der Waals surface area (Å²) in [5.41, 5.74) is -9.12. The molecule has 0 aliphatic carbocycles. The predicted molar refractivity (Wildman–Crippen MR) is 137 cm³/mol. The van der Waals surface area contributed by atoms with Crippen molar-refractivity contribution >= 4 is 30.3 Å². The van der Waals surface area contributed by atoms with Crippen LogP contribution in [0, 0.1) is 5.92 Å². The number of nitrogens with zero attached hydrogens (tertiary/aromatic N) is 1. The van der Waals surface area contributed by atoms with Crippen LogP contribution in [0.1, 0.15) is 37.8 Å². The largest absolute Gasteiger partial charge is 0.493 e. The molecule has 1 fully saturated rings. The van der Waals surface area contributed by atoms with Crippen LogP contribution in [0.25, 0.3) is 0 Å². The highest BCUT2D eigenvalue weighted by Crippen LogP contribution is 2.57. The maximum atomic E-state index is 14.9. The average Bonchev–Trinajstić information content (AvgIpc) is 2.85. The van der Waals surface area contributed by atoms with Crippen molar-refractivity contribution in [2.45, 2.75) is 60.0 Å². The molecule has 6 nitrogen and oxygen atoms in total. The van der Waals surface area contributed by atoms with Crippen LogP contribution in [0.15, 0.2) is 47.4 Å². The molecule has 0 spiro atoms. The van der Waals surface area contributed by atoms with Crippen LogP contribution in [0.5, 0.6) is 5.75 Å². The number of carbonyl (C=O) groups is 1. The number of piperidine rings is 1. The normalized spacial score (nSPS) is 22.0. The second kappa shape index (κ2) is 10.1. The number of rotatable bonds is 5. The molecule has 226 valence electrons. The molecule has 0 radical (unpaired) electrons. The lowest BCUT2D eigenvalue weighted by atomic mass is 9.76. The predicted octanol–water partition coefficient (Wildman–Crippen LogP) is 4.55. The van der Waals surface area contributed by atoms with Crippen molar-refractivity contribution in [3.8, 4) is 5.75 Å². The molecule has 2 aromatic carbocycles. The molecule has 1 saturated heterocycles. The molecule has 1 N–H and O–H groups in total. The summed E-state index contributed by atoms with van der Waals surface area (Å²) in [5, 5.41) is 10.7. The summed E-state index contributed by atoms with van der Waals surface area (Å²) in [6.07, 6.45) is -13.3. The first kappa shape index (κ1) is 31.5. The number of carbonyl (C=O) groups excluding carboxylic acids is 1. The molecule has 2 aliphatic rings. The van der Waals surface area contributed by atoms with Gasteiger partial charge in [0.1, 0.15) is 10.5 Å². The summed E-state index contributed by atoms with van der Waals surface area (Å²) in [7, 11) is -2.04. The van der Waals surface area contributed by atoms with Crippen molar-refractivity contribution in [3.63, 3.8) is 0 Å². The first-order chi connectivity index (χ1) is 18.6. The molecule has 3 unspecified atom stereocenters. The standard InChI is InChI=1S/C26H27F7NO5PS/c1-22(2,36)12-21(35)34-10-9-23(41(37,38)18-6-4-17(40)5-7-18)16(13-34)14-39-20-11-15(3-8-19(20)23)24(27,25(28,29)30)26(31,32)33/h3-8,11,16,36H,9-10,12-14,40H2,1-2H3. The lowest BCUT2D eigenvalue weighted by molar-refractivity contribution is -0.348. The number of fused-ring (bicyclic) bond motifs is 3. The van der Waals surface area contributed by atoms with Gasteiger partial charge in [0.05, 0.1) is 23.5 Å². The lowest BCUT2D eigenvalue weighted by Crippen LogP contribution is -2.59. The van der Waals surface area contributed by atoms with Gasteiger partial charge in [-0.2, -0.15) is 26.3 Å². The van der Waals surface area contributed by atoms with Gasteiger partial charge < -0.3 is 14.7 Å². The van der Waals surface area contributed by atoms with Gasteiger partial charge in [-0.15, -0.1) is 9.24 Å². The highest BCUT2D eigenvalue weighted by Gasteiger charge is 2.74. The molecule has 0 bridgehead atoms. The Bertz CT molecular complexity index is 1420. The molecule has 1 amide bonds. The number of hydrogen-bond acceptors (Lipinski definition) is 5. The minimum atomic E-state index is -6.37. The number of halogens is 7. The molecule has 41 heavy (non-hydrogen) atoms. The summed E-state index contributed by atoms with van der Waals surface area (Å²) < 4.78 is 128. The molecule has 0 aromatic heterocycles. The van der Waals surface area contributed by atoms with Crippen LogP contribution in [0.4, 0.5) is 30.7 Å². The van der Waals surface area contributed by atoms with Gasteiger partial charge in [0.15, 0.2) is 9.84 Å². The summed E-state index contributed by atoms with van der Waals surface area (Å²) in [4.78, 5) is 14.0. The number of hydrogen-bond donors (Lipinski definition) is 1. The number of alkyl halides is 7. The topological polar surface area (TPSA) is 83.9 Å². The second-order valence-corrected chi connectivity index (χ2v) is 13.8. The van der Waals surface area contributed by atoms with Gasteiger partial charge >= 0.3 is 18.0 Å². The Labute approximate surface area is 234 Å². The monoisotopic (exact) mass is 629 g/mol. The van der Waals surface area contributed by atoms with Gasteiger partial charge in [0.25, 0.3) is 0 Å². The van der Waals surface area contributed by atoms with Crippen molar-refractivity contribution in [2.24, 2.45) is 5.92 Å². The Morgan fingerprint density at radius 1 is 1.05 bits per heavy atom. The molecule has 15 heteroatoms. The third-order valence-electron chi connectivity index (χ3n) is 7.52. The number of ether oxygens (including phenoxy) is 1. The average molecular weight is 630 g/mol. The Morgan fingerprint density at radius 2 is 1.63 bits per heavy atom. The van der Waals surface area contributed by atoms with Crippen molar-refractivity contribution in [1.82, 2.24) is 4.90 Å². The van der Waals surface area contributed by atoms with E-state index >= 15 is 0 Å². The van der Waals surface area contributed by atoms with E-state index in [1.165, 1.54) is 43.0 Å². The van der Waals surface area contributed by atoms with Gasteiger partial charge in [-0.05, 0) is 43.8 Å². The Hall–Kier alpha value is -2.44. The molecular weight excluding hydrogens is 602 g/mol. The first-order valence-corrected chi connectivity index (χ1v) is 14.4. The lowest BCUT2D eigenvalue weighted by Gasteiger charge is -2.50. The molecular formula is C26H27F7NO5PS. The maximum Gasteiger partial charge on any atom is 0.435 e. The molecule has 2 aromatic rings.